The molecule has 0 aliphatic carbocycles. The number of hydrogen-bond acceptors (Lipinski definition) is 9. The third-order valence-corrected chi connectivity index (χ3v) is 2.45. The summed E-state index contributed by atoms with van der Waals surface area (Å²) in [5.74, 6) is 0. The van der Waals surface area contributed by atoms with Crippen LogP contribution in [0.15, 0.2) is 0 Å². The minimum Gasteiger partial charge on any atom is -0.313 e. The molecule has 1 atom stereocenters. The fourth-order valence-electron chi connectivity index (χ4n) is 1.83. The summed E-state index contributed by atoms with van der Waals surface area (Å²) in [5.41, 5.74) is -2.67. The molecule has 0 aliphatic heterocycles. The molecule has 0 aliphatic rings. The molecule has 12 heteroatoms. The second-order valence-corrected chi connectivity index (χ2v) is 5.43. The Kier molecular flexibility index (Phi) is 6.07. The molecule has 0 aromatic heterocycles. The van der Waals surface area contributed by atoms with Crippen LogP contribution in [0.5, 0.6) is 0 Å². The first-order chi connectivity index (χ1) is 9.38. The van der Waals surface area contributed by atoms with Gasteiger partial charge in [-0.3, -0.25) is 0 Å². The van der Waals surface area contributed by atoms with Crippen LogP contribution < -0.4 is 0 Å². The third-order valence-electron chi connectivity index (χ3n) is 2.45. The van der Waals surface area contributed by atoms with Gasteiger partial charge in [-0.05, 0) is 12.3 Å². The lowest BCUT2D eigenvalue weighted by atomic mass is 9.72. The maximum Gasteiger partial charge on any atom is 0.294 e. The largest absolute Gasteiger partial charge is 0.313 e. The zero-order valence-electron chi connectivity index (χ0n) is 11.7. The van der Waals surface area contributed by atoms with E-state index in [0.29, 0.717) is 0 Å². The highest BCUT2D eigenvalue weighted by molar-refractivity contribution is 4.95. The maximum absolute atomic E-state index is 10.6. The molecule has 1 unspecified atom stereocenters. The van der Waals surface area contributed by atoms with Gasteiger partial charge in [0.15, 0.2) is 0 Å². The summed E-state index contributed by atoms with van der Waals surface area (Å²) >= 11 is 0. The Hall–Kier alpha value is -2.40. The van der Waals surface area contributed by atoms with Gasteiger partial charge in [-0.25, -0.2) is 0 Å². The number of nitrogens with zero attached hydrogens (tertiary/aromatic N) is 3. The first-order valence-corrected chi connectivity index (χ1v) is 5.59. The minimum atomic E-state index is -1.74. The monoisotopic (exact) mass is 310 g/mol. The van der Waals surface area contributed by atoms with Crippen molar-refractivity contribution in [1.29, 1.82) is 0 Å². The van der Waals surface area contributed by atoms with E-state index >= 15 is 0 Å². The molecule has 0 saturated carbocycles. The molecule has 0 saturated heterocycles. The van der Waals surface area contributed by atoms with Gasteiger partial charge in [0.25, 0.3) is 15.3 Å². The normalized spacial score (nSPS) is 13.1. The average molecular weight is 310 g/mol. The van der Waals surface area contributed by atoms with Gasteiger partial charge in [0.1, 0.15) is 19.3 Å². The standard InChI is InChI=1S/C9H16N3O9/c1-8(2,3)7(21-12(17)18)9(4,5-19-10(13)14)6-20-11(15)16/h7H,4-6H2,1-3H3. The molecule has 0 N–H and O–H groups in total. The van der Waals surface area contributed by atoms with Gasteiger partial charge in [0, 0.05) is 5.41 Å². The molecular weight excluding hydrogens is 294 g/mol. The van der Waals surface area contributed by atoms with E-state index in [1.54, 1.807) is 20.8 Å². The van der Waals surface area contributed by atoms with E-state index in [1.165, 1.54) is 0 Å². The van der Waals surface area contributed by atoms with Crippen LogP contribution in [0.25, 0.3) is 0 Å². The summed E-state index contributed by atoms with van der Waals surface area (Å²) in [6.45, 7) is 6.62. The average Bonchev–Trinajstić information content (AvgIpc) is 2.29. The van der Waals surface area contributed by atoms with Gasteiger partial charge >= 0.3 is 0 Å². The third kappa shape index (κ3) is 6.54. The molecule has 0 amide bonds. The number of rotatable bonds is 9. The lowest BCUT2D eigenvalue weighted by Gasteiger charge is -2.41. The lowest BCUT2D eigenvalue weighted by Crippen LogP contribution is -2.51. The summed E-state index contributed by atoms with van der Waals surface area (Å²) in [4.78, 5) is 44.0. The molecule has 0 spiro atoms. The topological polar surface area (TPSA) is 157 Å². The zero-order chi connectivity index (χ0) is 16.8. The highest BCUT2D eigenvalue weighted by atomic mass is 17.0. The van der Waals surface area contributed by atoms with Gasteiger partial charge in [-0.1, -0.05) is 20.8 Å². The Bertz CT molecular complexity index is 388. The van der Waals surface area contributed by atoms with E-state index in [0.717, 1.165) is 0 Å². The molecule has 0 rings (SSSR count). The molecule has 0 bridgehead atoms. The highest BCUT2D eigenvalue weighted by Gasteiger charge is 2.46. The van der Waals surface area contributed by atoms with Gasteiger partial charge in [0.05, 0.1) is 0 Å². The van der Waals surface area contributed by atoms with E-state index in [4.69, 9.17) is 0 Å². The van der Waals surface area contributed by atoms with E-state index in [9.17, 15) is 30.3 Å². The van der Waals surface area contributed by atoms with Crippen molar-refractivity contribution in [3.63, 3.8) is 0 Å². The van der Waals surface area contributed by atoms with Crippen LogP contribution in [0, 0.1) is 48.1 Å². The molecule has 21 heavy (non-hydrogen) atoms. The second kappa shape index (κ2) is 6.85. The van der Waals surface area contributed by atoms with Crippen molar-refractivity contribution in [1.82, 2.24) is 0 Å². The van der Waals surface area contributed by atoms with Crippen LogP contribution in [0.1, 0.15) is 20.8 Å². The smallest absolute Gasteiger partial charge is 0.294 e. The number of hydrogen-bond donors (Lipinski definition) is 0. The van der Waals surface area contributed by atoms with E-state index in [1.807, 2.05) is 0 Å². The molecule has 12 nitrogen and oxygen atoms in total. The molecular formula is C9H16N3O9. The van der Waals surface area contributed by atoms with Crippen molar-refractivity contribution in [2.75, 3.05) is 13.2 Å². The van der Waals surface area contributed by atoms with Crippen LogP contribution >= 0.6 is 0 Å². The van der Waals surface area contributed by atoms with E-state index in [2.05, 4.69) is 21.4 Å². The Morgan fingerprint density at radius 2 is 1.33 bits per heavy atom. The summed E-state index contributed by atoms with van der Waals surface area (Å²) in [6, 6.07) is 0. The summed E-state index contributed by atoms with van der Waals surface area (Å²) in [6.07, 6.45) is -1.35. The van der Waals surface area contributed by atoms with Gasteiger partial charge < -0.3 is 14.5 Å². The fraction of sp³-hybridized carbons (Fsp3) is 0.889. The van der Waals surface area contributed by atoms with Crippen LogP contribution in [0.4, 0.5) is 0 Å². The molecule has 1 radical (unpaired) electrons. The highest BCUT2D eigenvalue weighted by Crippen LogP contribution is 2.37. The van der Waals surface area contributed by atoms with E-state index < -0.39 is 45.4 Å². The summed E-state index contributed by atoms with van der Waals surface area (Å²) in [7, 11) is 0. The van der Waals surface area contributed by atoms with Crippen LogP contribution in [-0.2, 0) is 14.5 Å². The summed E-state index contributed by atoms with van der Waals surface area (Å²) in [5, 5.41) is 27.8. The maximum atomic E-state index is 10.6. The van der Waals surface area contributed by atoms with Crippen LogP contribution in [0.2, 0.25) is 0 Å². The Morgan fingerprint density at radius 3 is 1.57 bits per heavy atom. The fourth-order valence-corrected chi connectivity index (χ4v) is 1.83. The van der Waals surface area contributed by atoms with Crippen molar-refractivity contribution < 1.29 is 29.8 Å². The van der Waals surface area contributed by atoms with Crippen molar-refractivity contribution in [2.45, 2.75) is 26.9 Å². The van der Waals surface area contributed by atoms with E-state index in [-0.39, 0.29) is 0 Å². The van der Waals surface area contributed by atoms with Crippen LogP contribution in [-0.4, -0.2) is 34.6 Å². The molecule has 0 aromatic rings. The first kappa shape index (κ1) is 18.6. The van der Waals surface area contributed by atoms with Crippen molar-refractivity contribution in [3.8, 4) is 0 Å². The minimum absolute atomic E-state index is 0.774. The zero-order valence-corrected chi connectivity index (χ0v) is 11.7. The van der Waals surface area contributed by atoms with Crippen molar-refractivity contribution in [2.24, 2.45) is 10.8 Å². The Labute approximate surface area is 119 Å². The summed E-state index contributed by atoms with van der Waals surface area (Å²) < 4.78 is 0. The van der Waals surface area contributed by atoms with Gasteiger partial charge in [0.2, 0.25) is 0 Å². The molecule has 121 valence electrons. The predicted octanol–water partition coefficient (Wildman–Crippen LogP) is 0.846. The molecule has 0 fully saturated rings. The van der Waals surface area contributed by atoms with Crippen molar-refractivity contribution >= 4 is 0 Å². The van der Waals surface area contributed by atoms with Gasteiger partial charge in [-0.2, -0.15) is 0 Å². The van der Waals surface area contributed by atoms with Crippen LogP contribution in [0.3, 0.4) is 0 Å². The Morgan fingerprint density at radius 1 is 0.952 bits per heavy atom. The lowest BCUT2D eigenvalue weighted by molar-refractivity contribution is -0.790. The molecule has 0 aromatic carbocycles. The second-order valence-electron chi connectivity index (χ2n) is 5.43. The Balaban J connectivity index is 5.39. The van der Waals surface area contributed by atoms with Gasteiger partial charge in [-0.15, -0.1) is 30.3 Å². The quantitative estimate of drug-likeness (QED) is 0.444. The first-order valence-electron chi connectivity index (χ1n) is 5.59. The SMILES string of the molecule is [CH2]C(CO[N+](=O)[O-])(CO[N+](=O)[O-])C(O[N+](=O)[O-])C(C)(C)C. The predicted molar refractivity (Wildman–Crippen MR) is 65.0 cm³/mol. The molecule has 0 heterocycles. The van der Waals surface area contributed by atoms with Crippen molar-refractivity contribution in [3.05, 3.63) is 37.3 Å².